The van der Waals surface area contributed by atoms with Crippen LogP contribution in [0.2, 0.25) is 0 Å². The Morgan fingerprint density at radius 1 is 1.11 bits per heavy atom. The Kier molecular flexibility index (Phi) is 7.62. The van der Waals surface area contributed by atoms with Gasteiger partial charge in [-0.05, 0) is 39.2 Å². The van der Waals surface area contributed by atoms with Crippen LogP contribution in [0.25, 0.3) is 0 Å². The fraction of sp³-hybridized carbons (Fsp3) is 0.812. The molecule has 1 aromatic heterocycles. The minimum atomic E-state index is 0.592. The van der Waals surface area contributed by atoms with Gasteiger partial charge in [-0.1, -0.05) is 33.6 Å². The Morgan fingerprint density at radius 2 is 1.74 bits per heavy atom. The lowest BCUT2D eigenvalue weighted by Crippen LogP contribution is -2.38. The minimum absolute atomic E-state index is 0.592. The number of nitrogens with zero attached hydrogens (tertiary/aromatic N) is 1. The summed E-state index contributed by atoms with van der Waals surface area (Å²) in [4.78, 5) is 6.08. The number of nitrogens with one attached hydrogen (secondary N) is 1. The van der Waals surface area contributed by atoms with Crippen molar-refractivity contribution in [3.63, 3.8) is 0 Å². The van der Waals surface area contributed by atoms with Crippen LogP contribution < -0.4 is 5.32 Å². The number of hydrogen-bond donors (Lipinski definition) is 1. The summed E-state index contributed by atoms with van der Waals surface area (Å²) in [5, 5.41) is 5.00. The van der Waals surface area contributed by atoms with Gasteiger partial charge in [0.05, 0.1) is 10.7 Å². The molecule has 1 aromatic rings. The zero-order valence-corrected chi connectivity index (χ0v) is 14.1. The molecule has 1 N–H and O–H groups in total. The maximum atomic E-state index is 4.71. The predicted molar refractivity (Wildman–Crippen MR) is 86.1 cm³/mol. The summed E-state index contributed by atoms with van der Waals surface area (Å²) in [6.07, 6.45) is 6.31. The van der Waals surface area contributed by atoms with Gasteiger partial charge in [0, 0.05) is 17.3 Å². The van der Waals surface area contributed by atoms with Gasteiger partial charge in [-0.15, -0.1) is 11.3 Å². The normalized spacial score (nSPS) is 13.2. The highest BCUT2D eigenvalue weighted by Gasteiger charge is 2.21. The van der Waals surface area contributed by atoms with Gasteiger partial charge in [-0.25, -0.2) is 4.98 Å². The van der Waals surface area contributed by atoms with E-state index in [0.717, 1.165) is 18.9 Å². The third kappa shape index (κ3) is 5.23. The number of likely N-dealkylation sites (N-methyl/N-ethyl adjacent to an activating group) is 1. The van der Waals surface area contributed by atoms with E-state index in [2.05, 4.69) is 39.9 Å². The van der Waals surface area contributed by atoms with Crippen molar-refractivity contribution in [3.05, 3.63) is 15.6 Å². The molecule has 0 radical (unpaired) electrons. The van der Waals surface area contributed by atoms with Crippen molar-refractivity contribution in [2.24, 2.45) is 5.92 Å². The quantitative estimate of drug-likeness (QED) is 0.721. The molecule has 1 atom stereocenters. The highest BCUT2D eigenvalue weighted by Crippen LogP contribution is 2.24. The molecule has 3 heteroatoms. The van der Waals surface area contributed by atoms with E-state index < -0.39 is 0 Å². The number of aromatic nitrogens is 1. The molecule has 0 aliphatic heterocycles. The van der Waals surface area contributed by atoms with Crippen LogP contribution >= 0.6 is 11.3 Å². The van der Waals surface area contributed by atoms with Gasteiger partial charge in [0.2, 0.25) is 0 Å². The van der Waals surface area contributed by atoms with Crippen LogP contribution in [-0.4, -0.2) is 17.6 Å². The predicted octanol–water partition coefficient (Wildman–Crippen LogP) is 4.50. The second kappa shape index (κ2) is 8.70. The lowest BCUT2D eigenvalue weighted by molar-refractivity contribution is 0.312. The standard InChI is InChI=1S/C16H30N2S/c1-6-9-14(10-7-2)15(17-8-3)11-16-18-12(4)13(5)19-16/h14-15,17H,6-11H2,1-5H3. The van der Waals surface area contributed by atoms with E-state index in [1.807, 2.05) is 11.3 Å². The molecule has 2 nitrogen and oxygen atoms in total. The van der Waals surface area contributed by atoms with Crippen molar-refractivity contribution in [1.82, 2.24) is 10.3 Å². The fourth-order valence-electron chi connectivity index (χ4n) is 2.77. The Labute approximate surface area is 123 Å². The van der Waals surface area contributed by atoms with Gasteiger partial charge in [0.25, 0.3) is 0 Å². The van der Waals surface area contributed by atoms with E-state index in [1.54, 1.807) is 0 Å². The molecule has 1 heterocycles. The summed E-state index contributed by atoms with van der Waals surface area (Å²) in [6.45, 7) is 12.1. The van der Waals surface area contributed by atoms with E-state index >= 15 is 0 Å². The van der Waals surface area contributed by atoms with Crippen LogP contribution in [0.5, 0.6) is 0 Å². The molecule has 0 amide bonds. The fourth-order valence-corrected chi connectivity index (χ4v) is 3.76. The first-order valence-corrected chi connectivity index (χ1v) is 8.60. The lowest BCUT2D eigenvalue weighted by Gasteiger charge is -2.27. The monoisotopic (exact) mass is 282 g/mol. The molecular formula is C16H30N2S. The van der Waals surface area contributed by atoms with Crippen LogP contribution in [0.3, 0.4) is 0 Å². The molecule has 1 unspecified atom stereocenters. The summed E-state index contributed by atoms with van der Waals surface area (Å²) in [5.74, 6) is 0.791. The van der Waals surface area contributed by atoms with E-state index in [0.29, 0.717) is 6.04 Å². The summed E-state index contributed by atoms with van der Waals surface area (Å²) < 4.78 is 0. The van der Waals surface area contributed by atoms with Gasteiger partial charge < -0.3 is 5.32 Å². The van der Waals surface area contributed by atoms with Gasteiger partial charge >= 0.3 is 0 Å². The van der Waals surface area contributed by atoms with Crippen LogP contribution in [0.15, 0.2) is 0 Å². The highest BCUT2D eigenvalue weighted by atomic mass is 32.1. The molecule has 110 valence electrons. The molecule has 0 saturated heterocycles. The minimum Gasteiger partial charge on any atom is -0.314 e. The third-order valence-corrected chi connectivity index (χ3v) is 4.92. The summed E-state index contributed by atoms with van der Waals surface area (Å²) >= 11 is 1.87. The van der Waals surface area contributed by atoms with Crippen molar-refractivity contribution < 1.29 is 0 Å². The van der Waals surface area contributed by atoms with Crippen molar-refractivity contribution in [1.29, 1.82) is 0 Å². The van der Waals surface area contributed by atoms with E-state index in [-0.39, 0.29) is 0 Å². The Hall–Kier alpha value is -0.410. The molecule has 1 rings (SSSR count). The summed E-state index contributed by atoms with van der Waals surface area (Å²) in [5.41, 5.74) is 1.21. The van der Waals surface area contributed by atoms with Crippen LogP contribution in [0, 0.1) is 19.8 Å². The Balaban J connectivity index is 2.74. The second-order valence-corrected chi connectivity index (χ2v) is 6.74. The van der Waals surface area contributed by atoms with E-state index in [4.69, 9.17) is 4.98 Å². The molecule has 0 saturated carbocycles. The maximum Gasteiger partial charge on any atom is 0.0946 e. The molecule has 0 spiro atoms. The number of thiazole rings is 1. The number of rotatable bonds is 9. The average molecular weight is 282 g/mol. The highest BCUT2D eigenvalue weighted by molar-refractivity contribution is 7.11. The Morgan fingerprint density at radius 3 is 2.16 bits per heavy atom. The van der Waals surface area contributed by atoms with Gasteiger partial charge in [0.15, 0.2) is 0 Å². The molecule has 0 aliphatic rings. The SMILES string of the molecule is CCCC(CCC)C(Cc1nc(C)c(C)s1)NCC. The molecule has 0 aromatic carbocycles. The molecule has 0 bridgehead atoms. The maximum absolute atomic E-state index is 4.71. The second-order valence-electron chi connectivity index (χ2n) is 5.45. The first kappa shape index (κ1) is 16.6. The third-order valence-electron chi connectivity index (χ3n) is 3.82. The molecule has 19 heavy (non-hydrogen) atoms. The van der Waals surface area contributed by atoms with Gasteiger partial charge in [0.1, 0.15) is 0 Å². The summed E-state index contributed by atoms with van der Waals surface area (Å²) in [7, 11) is 0. The largest absolute Gasteiger partial charge is 0.314 e. The average Bonchev–Trinajstić information content (AvgIpc) is 2.68. The number of hydrogen-bond acceptors (Lipinski definition) is 3. The lowest BCUT2D eigenvalue weighted by atomic mass is 9.88. The van der Waals surface area contributed by atoms with Crippen molar-refractivity contribution in [2.75, 3.05) is 6.54 Å². The Bertz CT molecular complexity index is 334. The zero-order chi connectivity index (χ0) is 14.3. The first-order valence-electron chi connectivity index (χ1n) is 7.78. The van der Waals surface area contributed by atoms with Crippen molar-refractivity contribution in [2.45, 2.75) is 72.8 Å². The molecule has 0 fully saturated rings. The van der Waals surface area contributed by atoms with E-state index in [1.165, 1.54) is 41.3 Å². The zero-order valence-electron chi connectivity index (χ0n) is 13.3. The van der Waals surface area contributed by atoms with Gasteiger partial charge in [-0.3, -0.25) is 0 Å². The van der Waals surface area contributed by atoms with E-state index in [9.17, 15) is 0 Å². The van der Waals surface area contributed by atoms with Crippen molar-refractivity contribution >= 4 is 11.3 Å². The van der Waals surface area contributed by atoms with Crippen LogP contribution in [-0.2, 0) is 6.42 Å². The van der Waals surface area contributed by atoms with Crippen LogP contribution in [0.4, 0.5) is 0 Å². The smallest absolute Gasteiger partial charge is 0.0946 e. The van der Waals surface area contributed by atoms with Crippen molar-refractivity contribution in [3.8, 4) is 0 Å². The summed E-state index contributed by atoms with van der Waals surface area (Å²) in [6, 6.07) is 0.592. The van der Waals surface area contributed by atoms with Gasteiger partial charge in [-0.2, -0.15) is 0 Å². The van der Waals surface area contributed by atoms with Crippen LogP contribution in [0.1, 0.15) is 62.0 Å². The molecular weight excluding hydrogens is 252 g/mol. The topological polar surface area (TPSA) is 24.9 Å². The first-order chi connectivity index (χ1) is 9.12. The number of aryl methyl sites for hydroxylation is 2. The molecule has 0 aliphatic carbocycles.